The van der Waals surface area contributed by atoms with Gasteiger partial charge in [0.25, 0.3) is 0 Å². The number of hydrogen-bond acceptors (Lipinski definition) is 4. The number of para-hydroxylation sites is 1. The summed E-state index contributed by atoms with van der Waals surface area (Å²) in [4.78, 5) is 27.5. The lowest BCUT2D eigenvalue weighted by Crippen LogP contribution is -2.48. The first kappa shape index (κ1) is 28.3. The van der Waals surface area contributed by atoms with Crippen LogP contribution in [0.5, 0.6) is 0 Å². The van der Waals surface area contributed by atoms with E-state index in [2.05, 4.69) is 5.32 Å². The van der Waals surface area contributed by atoms with Gasteiger partial charge in [0.2, 0.25) is 21.8 Å². The summed E-state index contributed by atoms with van der Waals surface area (Å²) in [6, 6.07) is 12.6. The number of nitrogens with zero attached hydrogens (tertiary/aromatic N) is 2. The zero-order chi connectivity index (χ0) is 26.2. The fourth-order valence-corrected chi connectivity index (χ4v) is 4.64. The fraction of sp³-hybridized carbons (Fsp3) is 0.462. The topological polar surface area (TPSA) is 86.8 Å². The summed E-state index contributed by atoms with van der Waals surface area (Å²) >= 11 is 0. The van der Waals surface area contributed by atoms with Crippen LogP contribution in [-0.4, -0.2) is 50.5 Å². The standard InChI is InChI=1S/C26H36FN3O4S/c1-19(2)17-28-26(32)21(4)29(18-22-11-8-10-20(3)16-22)25(31)14-9-15-30(35(5,33)34)24-13-7-6-12-23(24)27/h6-8,10-13,16,19,21H,9,14-15,17-18H2,1-5H3,(H,28,32). The van der Waals surface area contributed by atoms with E-state index >= 15 is 0 Å². The van der Waals surface area contributed by atoms with Gasteiger partial charge in [0, 0.05) is 26.1 Å². The van der Waals surface area contributed by atoms with E-state index in [0.29, 0.717) is 6.54 Å². The molecule has 35 heavy (non-hydrogen) atoms. The molecule has 0 fully saturated rings. The largest absolute Gasteiger partial charge is 0.354 e. The molecule has 2 amide bonds. The van der Waals surface area contributed by atoms with E-state index < -0.39 is 21.9 Å². The van der Waals surface area contributed by atoms with Gasteiger partial charge in [0.05, 0.1) is 11.9 Å². The zero-order valence-corrected chi connectivity index (χ0v) is 21.9. The summed E-state index contributed by atoms with van der Waals surface area (Å²) in [6.07, 6.45) is 1.19. The first-order chi connectivity index (χ1) is 16.4. The molecular weight excluding hydrogens is 469 g/mol. The van der Waals surface area contributed by atoms with E-state index in [0.717, 1.165) is 21.7 Å². The third kappa shape index (κ3) is 8.65. The Morgan fingerprint density at radius 3 is 2.34 bits per heavy atom. The molecular formula is C26H36FN3O4S. The van der Waals surface area contributed by atoms with Crippen LogP contribution in [0, 0.1) is 18.7 Å². The number of anilines is 1. The molecule has 0 spiro atoms. The average molecular weight is 506 g/mol. The Balaban J connectivity index is 2.17. The van der Waals surface area contributed by atoms with Gasteiger partial charge in [-0.1, -0.05) is 55.8 Å². The average Bonchev–Trinajstić information content (AvgIpc) is 2.78. The van der Waals surface area contributed by atoms with Crippen molar-refractivity contribution in [3.05, 3.63) is 65.5 Å². The molecule has 1 atom stereocenters. The lowest BCUT2D eigenvalue weighted by molar-refractivity contribution is -0.140. The molecule has 0 saturated heterocycles. The van der Waals surface area contributed by atoms with Crippen molar-refractivity contribution in [1.29, 1.82) is 0 Å². The van der Waals surface area contributed by atoms with Gasteiger partial charge in [-0.05, 0) is 43.9 Å². The quantitative estimate of drug-likeness (QED) is 0.475. The van der Waals surface area contributed by atoms with Gasteiger partial charge >= 0.3 is 0 Å². The van der Waals surface area contributed by atoms with Crippen LogP contribution in [0.3, 0.4) is 0 Å². The third-order valence-electron chi connectivity index (χ3n) is 5.56. The number of aryl methyl sites for hydroxylation is 1. The number of amides is 2. The second-order valence-electron chi connectivity index (χ2n) is 9.22. The number of carbonyl (C=O) groups is 2. The summed E-state index contributed by atoms with van der Waals surface area (Å²) in [5.74, 6) is -0.905. The SMILES string of the molecule is Cc1cccc(CN(C(=O)CCCN(c2ccccc2F)S(C)(=O)=O)C(C)C(=O)NCC(C)C)c1. The Kier molecular flexibility index (Phi) is 10.2. The maximum atomic E-state index is 14.3. The van der Waals surface area contributed by atoms with Gasteiger partial charge in [0.1, 0.15) is 11.9 Å². The van der Waals surface area contributed by atoms with Crippen molar-refractivity contribution in [3.63, 3.8) is 0 Å². The molecule has 0 aliphatic carbocycles. The van der Waals surface area contributed by atoms with E-state index in [4.69, 9.17) is 0 Å². The Morgan fingerprint density at radius 1 is 1.06 bits per heavy atom. The molecule has 1 unspecified atom stereocenters. The van der Waals surface area contributed by atoms with Crippen LogP contribution in [0.15, 0.2) is 48.5 Å². The normalized spacial score (nSPS) is 12.3. The lowest BCUT2D eigenvalue weighted by atomic mass is 10.1. The minimum absolute atomic E-state index is 0.00802. The Bertz CT molecular complexity index is 1120. The van der Waals surface area contributed by atoms with E-state index in [1.807, 2.05) is 45.0 Å². The van der Waals surface area contributed by atoms with E-state index in [1.54, 1.807) is 13.0 Å². The van der Waals surface area contributed by atoms with E-state index in [-0.39, 0.29) is 49.4 Å². The summed E-state index contributed by atoms with van der Waals surface area (Å²) in [7, 11) is -3.75. The van der Waals surface area contributed by atoms with E-state index in [9.17, 15) is 22.4 Å². The molecule has 1 N–H and O–H groups in total. The summed E-state index contributed by atoms with van der Waals surface area (Å²) in [5.41, 5.74) is 1.88. The van der Waals surface area contributed by atoms with Gasteiger partial charge in [-0.25, -0.2) is 12.8 Å². The highest BCUT2D eigenvalue weighted by Crippen LogP contribution is 2.22. The first-order valence-corrected chi connectivity index (χ1v) is 13.6. The number of hydrogen-bond donors (Lipinski definition) is 1. The maximum absolute atomic E-state index is 14.3. The van der Waals surface area contributed by atoms with Crippen LogP contribution in [0.25, 0.3) is 0 Å². The highest BCUT2D eigenvalue weighted by molar-refractivity contribution is 7.92. The highest BCUT2D eigenvalue weighted by atomic mass is 32.2. The van der Waals surface area contributed by atoms with Crippen molar-refractivity contribution >= 4 is 27.5 Å². The highest BCUT2D eigenvalue weighted by Gasteiger charge is 2.27. The molecule has 0 aliphatic rings. The smallest absolute Gasteiger partial charge is 0.242 e. The van der Waals surface area contributed by atoms with Gasteiger partial charge in [-0.2, -0.15) is 0 Å². The second-order valence-corrected chi connectivity index (χ2v) is 11.1. The first-order valence-electron chi connectivity index (χ1n) is 11.7. The minimum atomic E-state index is -3.75. The van der Waals surface area contributed by atoms with Gasteiger partial charge < -0.3 is 10.2 Å². The van der Waals surface area contributed by atoms with Gasteiger partial charge in [0.15, 0.2) is 0 Å². The predicted molar refractivity (Wildman–Crippen MR) is 137 cm³/mol. The van der Waals surface area contributed by atoms with Crippen LogP contribution >= 0.6 is 0 Å². The van der Waals surface area contributed by atoms with Gasteiger partial charge in [-0.15, -0.1) is 0 Å². The fourth-order valence-electron chi connectivity index (χ4n) is 3.68. The minimum Gasteiger partial charge on any atom is -0.354 e. The Labute approximate surface area is 208 Å². The summed E-state index contributed by atoms with van der Waals surface area (Å²) in [6.45, 7) is 8.31. The molecule has 2 rings (SSSR count). The van der Waals surface area contributed by atoms with Crippen LogP contribution in [0.2, 0.25) is 0 Å². The maximum Gasteiger partial charge on any atom is 0.242 e. The Morgan fingerprint density at radius 2 is 1.74 bits per heavy atom. The van der Waals surface area contributed by atoms with Crippen molar-refractivity contribution < 1.29 is 22.4 Å². The molecule has 192 valence electrons. The predicted octanol–water partition coefficient (Wildman–Crippen LogP) is 3.87. The third-order valence-corrected chi connectivity index (χ3v) is 6.74. The number of rotatable bonds is 12. The number of carbonyl (C=O) groups excluding carboxylic acids is 2. The second kappa shape index (κ2) is 12.7. The van der Waals surface area contributed by atoms with E-state index in [1.165, 1.54) is 23.1 Å². The van der Waals surface area contributed by atoms with Crippen molar-refractivity contribution in [3.8, 4) is 0 Å². The number of sulfonamides is 1. The molecule has 0 aliphatic heterocycles. The monoisotopic (exact) mass is 505 g/mol. The van der Waals surface area contributed by atoms with Crippen molar-refractivity contribution in [2.24, 2.45) is 5.92 Å². The van der Waals surface area contributed by atoms with Crippen LogP contribution in [-0.2, 0) is 26.2 Å². The van der Waals surface area contributed by atoms with Crippen LogP contribution in [0.4, 0.5) is 10.1 Å². The molecule has 0 saturated carbocycles. The molecule has 2 aromatic rings. The number of nitrogens with one attached hydrogen (secondary N) is 1. The molecule has 2 aromatic carbocycles. The number of benzene rings is 2. The lowest BCUT2D eigenvalue weighted by Gasteiger charge is -2.30. The molecule has 0 aromatic heterocycles. The molecule has 0 bridgehead atoms. The van der Waals surface area contributed by atoms with Gasteiger partial charge in [-0.3, -0.25) is 13.9 Å². The van der Waals surface area contributed by atoms with Crippen LogP contribution in [0.1, 0.15) is 44.7 Å². The van der Waals surface area contributed by atoms with Crippen molar-refractivity contribution in [2.45, 2.75) is 53.1 Å². The molecule has 0 heterocycles. The molecule has 7 nitrogen and oxygen atoms in total. The summed E-state index contributed by atoms with van der Waals surface area (Å²) < 4.78 is 39.8. The zero-order valence-electron chi connectivity index (χ0n) is 21.1. The Hall–Kier alpha value is -2.94. The molecule has 0 radical (unpaired) electrons. The number of halogens is 1. The van der Waals surface area contributed by atoms with Crippen molar-refractivity contribution in [2.75, 3.05) is 23.7 Å². The van der Waals surface area contributed by atoms with Crippen LogP contribution < -0.4 is 9.62 Å². The summed E-state index contributed by atoms with van der Waals surface area (Å²) in [5, 5.41) is 2.87. The molecule has 9 heteroatoms. The van der Waals surface area contributed by atoms with Crippen molar-refractivity contribution in [1.82, 2.24) is 10.2 Å².